The monoisotopic (exact) mass is 532 g/mol. The predicted molar refractivity (Wildman–Crippen MR) is 142 cm³/mol. The molecule has 0 aliphatic heterocycles. The van der Waals surface area contributed by atoms with Crippen molar-refractivity contribution in [3.63, 3.8) is 0 Å². The van der Waals surface area contributed by atoms with Gasteiger partial charge >= 0.3 is 17.9 Å². The van der Waals surface area contributed by atoms with Crippen molar-refractivity contribution in [2.75, 3.05) is 13.7 Å². The molecule has 38 heavy (non-hydrogen) atoms. The fourth-order valence-electron chi connectivity index (χ4n) is 10.2. The van der Waals surface area contributed by atoms with Gasteiger partial charge in [0, 0.05) is 25.2 Å². The van der Waals surface area contributed by atoms with E-state index in [4.69, 9.17) is 14.2 Å². The summed E-state index contributed by atoms with van der Waals surface area (Å²) in [5, 5.41) is 0. The van der Waals surface area contributed by atoms with E-state index in [0.29, 0.717) is 18.3 Å². The zero-order chi connectivity index (χ0) is 28.3. The molecule has 0 heterocycles. The van der Waals surface area contributed by atoms with E-state index in [9.17, 15) is 19.2 Å². The van der Waals surface area contributed by atoms with Gasteiger partial charge in [-0.15, -0.1) is 0 Å². The van der Waals surface area contributed by atoms with Crippen LogP contribution in [0.5, 0.6) is 0 Å². The quantitative estimate of drug-likeness (QED) is 0.332. The van der Waals surface area contributed by atoms with Crippen molar-refractivity contribution >= 4 is 23.7 Å². The highest BCUT2D eigenvalue weighted by molar-refractivity contribution is 5.92. The van der Waals surface area contributed by atoms with Crippen molar-refractivity contribution in [1.82, 2.24) is 0 Å². The molecule has 4 saturated carbocycles. The maximum Gasteiger partial charge on any atom is 0.306 e. The second-order valence-electron chi connectivity index (χ2n) is 14.3. The second kappa shape index (κ2) is 9.62. The number of hydrogen-bond donors (Lipinski definition) is 0. The molecule has 0 aromatic carbocycles. The number of Topliss-reactive ketones (excluding diaryl/α,β-unsaturated/α-hetero) is 1. The Balaban J connectivity index is 1.66. The molecule has 4 aliphatic rings. The van der Waals surface area contributed by atoms with E-state index in [1.165, 1.54) is 21.0 Å². The topological polar surface area (TPSA) is 96.0 Å². The molecule has 4 fully saturated rings. The second-order valence-corrected chi connectivity index (χ2v) is 14.3. The van der Waals surface area contributed by atoms with Crippen molar-refractivity contribution in [3.8, 4) is 0 Å². The van der Waals surface area contributed by atoms with Crippen LogP contribution in [0.2, 0.25) is 0 Å². The smallest absolute Gasteiger partial charge is 0.306 e. The number of methoxy groups -OCH3 is 1. The Morgan fingerprint density at radius 2 is 1.50 bits per heavy atom. The van der Waals surface area contributed by atoms with Crippen molar-refractivity contribution < 1.29 is 33.4 Å². The lowest BCUT2D eigenvalue weighted by molar-refractivity contribution is -0.237. The standard InChI is InChI=1S/C31H48O7/c1-19(32)37-18-31(17-25(34)36-8)16-15-29(6)21(26(31)35)9-10-23-28(5)13-12-24(38-20(2)33)27(3,4)22(28)11-14-30(23,29)7/h21-24H,9-18H2,1-8H3/t21-,22+,23-,24+,28+,29-,30-,31+/m1/s1. The highest BCUT2D eigenvalue weighted by Gasteiger charge is 2.70. The molecule has 4 aliphatic carbocycles. The highest BCUT2D eigenvalue weighted by Crippen LogP contribution is 2.74. The van der Waals surface area contributed by atoms with Crippen LogP contribution in [-0.2, 0) is 33.4 Å². The number of carbonyl (C=O) groups is 4. The van der Waals surface area contributed by atoms with E-state index in [1.54, 1.807) is 0 Å². The summed E-state index contributed by atoms with van der Waals surface area (Å²) in [5.41, 5.74) is -1.26. The van der Waals surface area contributed by atoms with Gasteiger partial charge < -0.3 is 14.2 Å². The molecule has 7 nitrogen and oxygen atoms in total. The first-order valence-electron chi connectivity index (χ1n) is 14.5. The molecule has 8 atom stereocenters. The summed E-state index contributed by atoms with van der Waals surface area (Å²) >= 11 is 0. The van der Waals surface area contributed by atoms with Gasteiger partial charge in [0.1, 0.15) is 18.5 Å². The first-order chi connectivity index (χ1) is 17.6. The Hall–Kier alpha value is -1.92. The molecular formula is C31H48O7. The van der Waals surface area contributed by atoms with Gasteiger partial charge in [-0.25, -0.2) is 0 Å². The maximum atomic E-state index is 14.3. The summed E-state index contributed by atoms with van der Waals surface area (Å²) in [5.74, 6) is -0.287. The molecule has 0 radical (unpaired) electrons. The van der Waals surface area contributed by atoms with E-state index in [2.05, 4.69) is 34.6 Å². The van der Waals surface area contributed by atoms with Crippen LogP contribution in [0.4, 0.5) is 0 Å². The van der Waals surface area contributed by atoms with Crippen molar-refractivity contribution in [1.29, 1.82) is 0 Å². The minimum absolute atomic E-state index is 0.0277. The van der Waals surface area contributed by atoms with Crippen LogP contribution < -0.4 is 0 Å². The SMILES string of the molecule is COC(=O)C[C@]1(COC(C)=O)CC[C@]2(C)[C@H](CC[C@@H]3[C@@]4(C)CC[C@H](OC(C)=O)C(C)(C)[C@@H]4CC[C@]32C)C1=O. The number of rotatable bonds is 5. The first kappa shape index (κ1) is 29.1. The molecule has 0 saturated heterocycles. The van der Waals surface area contributed by atoms with Crippen LogP contribution in [0.1, 0.15) is 106 Å². The average Bonchev–Trinajstić information content (AvgIpc) is 2.82. The van der Waals surface area contributed by atoms with Crippen LogP contribution in [0, 0.1) is 44.8 Å². The summed E-state index contributed by atoms with van der Waals surface area (Å²) < 4.78 is 16.2. The van der Waals surface area contributed by atoms with Crippen molar-refractivity contribution in [3.05, 3.63) is 0 Å². The van der Waals surface area contributed by atoms with E-state index in [-0.39, 0.29) is 58.5 Å². The largest absolute Gasteiger partial charge is 0.469 e. The van der Waals surface area contributed by atoms with Crippen molar-refractivity contribution in [2.45, 2.75) is 112 Å². The minimum atomic E-state index is -1.02. The molecule has 0 bridgehead atoms. The van der Waals surface area contributed by atoms with E-state index < -0.39 is 17.4 Å². The third kappa shape index (κ3) is 4.21. The van der Waals surface area contributed by atoms with Gasteiger partial charge in [-0.3, -0.25) is 19.2 Å². The minimum Gasteiger partial charge on any atom is -0.469 e. The van der Waals surface area contributed by atoms with Gasteiger partial charge in [-0.1, -0.05) is 34.6 Å². The van der Waals surface area contributed by atoms with Crippen LogP contribution in [-0.4, -0.2) is 43.5 Å². The Morgan fingerprint density at radius 3 is 2.11 bits per heavy atom. The lowest BCUT2D eigenvalue weighted by Gasteiger charge is -2.71. The van der Waals surface area contributed by atoms with Gasteiger partial charge in [-0.2, -0.15) is 0 Å². The molecule has 0 aromatic heterocycles. The summed E-state index contributed by atoms with van der Waals surface area (Å²) in [6, 6.07) is 0. The predicted octanol–water partition coefficient (Wildman–Crippen LogP) is 5.67. The normalized spacial score (nSPS) is 43.6. The number of esters is 3. The fraction of sp³-hybridized carbons (Fsp3) is 0.871. The zero-order valence-electron chi connectivity index (χ0n) is 24.7. The third-order valence-corrected chi connectivity index (χ3v) is 12.3. The maximum absolute atomic E-state index is 14.3. The summed E-state index contributed by atoms with van der Waals surface area (Å²) in [6.07, 6.45) is 6.94. The van der Waals surface area contributed by atoms with Gasteiger partial charge in [0.2, 0.25) is 0 Å². The van der Waals surface area contributed by atoms with Gasteiger partial charge in [0.05, 0.1) is 18.9 Å². The number of fused-ring (bicyclic) bond motifs is 5. The Morgan fingerprint density at radius 1 is 0.816 bits per heavy atom. The van der Waals surface area contributed by atoms with Crippen LogP contribution in [0.3, 0.4) is 0 Å². The molecule has 7 heteroatoms. The molecular weight excluding hydrogens is 484 g/mol. The number of hydrogen-bond acceptors (Lipinski definition) is 7. The van der Waals surface area contributed by atoms with E-state index in [0.717, 1.165) is 44.9 Å². The van der Waals surface area contributed by atoms with Gasteiger partial charge in [-0.05, 0) is 79.4 Å². The molecule has 214 valence electrons. The van der Waals surface area contributed by atoms with Crippen LogP contribution >= 0.6 is 0 Å². The summed E-state index contributed by atoms with van der Waals surface area (Å²) in [4.78, 5) is 50.3. The van der Waals surface area contributed by atoms with Gasteiger partial charge in [0.15, 0.2) is 0 Å². The number of ketones is 1. The van der Waals surface area contributed by atoms with Crippen LogP contribution in [0.25, 0.3) is 0 Å². The van der Waals surface area contributed by atoms with Gasteiger partial charge in [0.25, 0.3) is 0 Å². The molecule has 0 aromatic rings. The molecule has 4 rings (SSSR count). The molecule has 0 N–H and O–H groups in total. The summed E-state index contributed by atoms with van der Waals surface area (Å²) in [7, 11) is 1.34. The van der Waals surface area contributed by atoms with Crippen molar-refractivity contribution in [2.24, 2.45) is 44.8 Å². The molecule has 0 spiro atoms. The van der Waals surface area contributed by atoms with Crippen LogP contribution in [0.15, 0.2) is 0 Å². The Labute approximate surface area is 228 Å². The lowest BCUT2D eigenvalue weighted by Crippen LogP contribution is -2.67. The Bertz CT molecular complexity index is 1000. The fourth-order valence-corrected chi connectivity index (χ4v) is 10.2. The zero-order valence-corrected chi connectivity index (χ0v) is 24.7. The summed E-state index contributed by atoms with van der Waals surface area (Å²) in [6.45, 7) is 14.5. The lowest BCUT2D eigenvalue weighted by atomic mass is 9.33. The number of carbonyl (C=O) groups excluding carboxylic acids is 4. The average molecular weight is 533 g/mol. The third-order valence-electron chi connectivity index (χ3n) is 12.3. The number of ether oxygens (including phenoxy) is 3. The molecule has 0 amide bonds. The highest BCUT2D eigenvalue weighted by atomic mass is 16.5. The first-order valence-corrected chi connectivity index (χ1v) is 14.5. The van der Waals surface area contributed by atoms with E-state index in [1.807, 2.05) is 0 Å². The Kier molecular flexibility index (Phi) is 7.36. The van der Waals surface area contributed by atoms with E-state index >= 15 is 0 Å². The molecule has 0 unspecified atom stereocenters.